The quantitative estimate of drug-likeness (QED) is 0.604. The van der Waals surface area contributed by atoms with Gasteiger partial charge in [-0.25, -0.2) is 8.42 Å². The maximum atomic E-state index is 13.8. The standard InChI is InChI=1S/C21H22N2O5S/c24-20-14-19(15-8-2-1-3-9-15)22(17-11-5-4-10-16(17)20)29(27,28)21-13-7-6-12-18(21)23(25)26/h1-3,6-9,12-13,19-20,24H,4-5,10-11,14H2/t19-,20-/m1/s1. The first-order chi connectivity index (χ1) is 13.9. The van der Waals surface area contributed by atoms with Crippen molar-refractivity contribution in [2.45, 2.75) is 49.1 Å². The zero-order chi connectivity index (χ0) is 20.6. The second-order valence-electron chi connectivity index (χ2n) is 7.38. The Labute approximate surface area is 169 Å². The molecule has 2 aromatic rings. The molecule has 8 heteroatoms. The molecule has 1 aliphatic heterocycles. The smallest absolute Gasteiger partial charge is 0.289 e. The fourth-order valence-corrected chi connectivity index (χ4v) is 6.26. The molecule has 152 valence electrons. The molecule has 0 unspecified atom stereocenters. The second kappa shape index (κ2) is 7.61. The summed E-state index contributed by atoms with van der Waals surface area (Å²) >= 11 is 0. The molecule has 29 heavy (non-hydrogen) atoms. The van der Waals surface area contributed by atoms with Crippen molar-refractivity contribution in [2.24, 2.45) is 0 Å². The fraction of sp³-hybridized carbons (Fsp3) is 0.333. The SMILES string of the molecule is O=[N+]([O-])c1ccccc1S(=O)(=O)N1C2=C(CCCC2)[C@H](O)C[C@@H]1c1ccccc1. The van der Waals surface area contributed by atoms with Gasteiger partial charge < -0.3 is 5.11 Å². The minimum Gasteiger partial charge on any atom is -0.389 e. The van der Waals surface area contributed by atoms with Gasteiger partial charge in [0.25, 0.3) is 15.7 Å². The molecule has 2 aliphatic rings. The van der Waals surface area contributed by atoms with Gasteiger partial charge in [-0.05, 0) is 42.9 Å². The van der Waals surface area contributed by atoms with E-state index in [4.69, 9.17) is 0 Å². The molecule has 0 fully saturated rings. The molecule has 0 bridgehead atoms. The number of rotatable bonds is 4. The maximum absolute atomic E-state index is 13.8. The van der Waals surface area contributed by atoms with Gasteiger partial charge in [0.1, 0.15) is 0 Å². The van der Waals surface area contributed by atoms with Crippen LogP contribution in [0.25, 0.3) is 0 Å². The maximum Gasteiger partial charge on any atom is 0.289 e. The van der Waals surface area contributed by atoms with Crippen molar-refractivity contribution in [3.8, 4) is 0 Å². The number of aliphatic hydroxyl groups is 1. The highest BCUT2D eigenvalue weighted by Crippen LogP contribution is 2.46. The normalized spacial score (nSPS) is 22.3. The highest BCUT2D eigenvalue weighted by Gasteiger charge is 2.43. The van der Waals surface area contributed by atoms with Gasteiger partial charge in [-0.3, -0.25) is 14.4 Å². The van der Waals surface area contributed by atoms with E-state index < -0.39 is 32.8 Å². The van der Waals surface area contributed by atoms with E-state index in [9.17, 15) is 23.6 Å². The van der Waals surface area contributed by atoms with Gasteiger partial charge in [-0.2, -0.15) is 0 Å². The molecular formula is C21H22N2O5S. The number of allylic oxidation sites excluding steroid dienone is 1. The number of sulfonamides is 1. The number of benzene rings is 2. The molecule has 0 spiro atoms. The van der Waals surface area contributed by atoms with Gasteiger partial charge in [0.05, 0.1) is 17.1 Å². The first-order valence-corrected chi connectivity index (χ1v) is 11.1. The van der Waals surface area contributed by atoms with Crippen molar-refractivity contribution in [2.75, 3.05) is 0 Å². The van der Waals surface area contributed by atoms with Crippen molar-refractivity contribution >= 4 is 15.7 Å². The minimum atomic E-state index is -4.21. The largest absolute Gasteiger partial charge is 0.389 e. The van der Waals surface area contributed by atoms with Crippen molar-refractivity contribution in [1.82, 2.24) is 4.31 Å². The van der Waals surface area contributed by atoms with E-state index in [1.165, 1.54) is 28.6 Å². The van der Waals surface area contributed by atoms with E-state index in [2.05, 4.69) is 0 Å². The van der Waals surface area contributed by atoms with E-state index >= 15 is 0 Å². The third-order valence-corrected chi connectivity index (χ3v) is 7.56. The van der Waals surface area contributed by atoms with Crippen LogP contribution >= 0.6 is 0 Å². The Hall–Kier alpha value is -2.71. The van der Waals surface area contributed by atoms with Crippen LogP contribution in [0, 0.1) is 10.1 Å². The van der Waals surface area contributed by atoms with Gasteiger partial charge in [0, 0.05) is 18.2 Å². The van der Waals surface area contributed by atoms with Gasteiger partial charge in [0.15, 0.2) is 4.90 Å². The summed E-state index contributed by atoms with van der Waals surface area (Å²) in [5.41, 5.74) is 1.64. The lowest BCUT2D eigenvalue weighted by molar-refractivity contribution is -0.387. The van der Waals surface area contributed by atoms with Crippen molar-refractivity contribution in [3.05, 3.63) is 81.5 Å². The third-order valence-electron chi connectivity index (χ3n) is 5.66. The molecule has 1 aliphatic carbocycles. The monoisotopic (exact) mass is 414 g/mol. The number of hydrogen-bond donors (Lipinski definition) is 1. The van der Waals surface area contributed by atoms with Crippen molar-refractivity contribution in [1.29, 1.82) is 0 Å². The highest BCUT2D eigenvalue weighted by atomic mass is 32.2. The molecule has 2 atom stereocenters. The molecular weight excluding hydrogens is 392 g/mol. The van der Waals surface area contributed by atoms with Gasteiger partial charge in [-0.1, -0.05) is 42.5 Å². The summed E-state index contributed by atoms with van der Waals surface area (Å²) in [6, 6.07) is 14.0. The number of hydrogen-bond acceptors (Lipinski definition) is 5. The average Bonchev–Trinajstić information content (AvgIpc) is 2.74. The van der Waals surface area contributed by atoms with Crippen LogP contribution in [0.15, 0.2) is 70.8 Å². The van der Waals surface area contributed by atoms with Crippen LogP contribution in [0.3, 0.4) is 0 Å². The molecule has 0 saturated heterocycles. The predicted molar refractivity (Wildman–Crippen MR) is 107 cm³/mol. The lowest BCUT2D eigenvalue weighted by atomic mass is 9.84. The summed E-state index contributed by atoms with van der Waals surface area (Å²) in [5, 5.41) is 22.3. The molecule has 0 radical (unpaired) electrons. The van der Waals surface area contributed by atoms with Crippen LogP contribution in [0.2, 0.25) is 0 Å². The van der Waals surface area contributed by atoms with Crippen LogP contribution < -0.4 is 0 Å². The number of nitro benzene ring substituents is 1. The topological polar surface area (TPSA) is 101 Å². The number of nitro groups is 1. The summed E-state index contributed by atoms with van der Waals surface area (Å²) in [6.07, 6.45) is 2.38. The van der Waals surface area contributed by atoms with E-state index in [0.717, 1.165) is 24.0 Å². The van der Waals surface area contributed by atoms with Gasteiger partial charge in [0.2, 0.25) is 0 Å². The Balaban J connectivity index is 1.93. The van der Waals surface area contributed by atoms with Crippen LogP contribution in [-0.4, -0.2) is 28.9 Å². The van der Waals surface area contributed by atoms with Crippen LogP contribution in [0.1, 0.15) is 43.7 Å². The Morgan fingerprint density at radius 2 is 1.66 bits per heavy atom. The zero-order valence-corrected chi connectivity index (χ0v) is 16.6. The Morgan fingerprint density at radius 1 is 1.00 bits per heavy atom. The Bertz CT molecular complexity index is 1070. The highest BCUT2D eigenvalue weighted by molar-refractivity contribution is 7.89. The molecule has 1 N–H and O–H groups in total. The number of aliphatic hydroxyl groups excluding tert-OH is 1. The molecule has 2 aromatic carbocycles. The van der Waals surface area contributed by atoms with E-state index in [1.54, 1.807) is 0 Å². The molecule has 0 aromatic heterocycles. The molecule has 0 amide bonds. The lowest BCUT2D eigenvalue weighted by Gasteiger charge is -2.43. The minimum absolute atomic E-state index is 0.225. The molecule has 1 heterocycles. The first-order valence-electron chi connectivity index (χ1n) is 9.64. The zero-order valence-electron chi connectivity index (χ0n) is 15.8. The second-order valence-corrected chi connectivity index (χ2v) is 9.17. The third kappa shape index (κ3) is 3.42. The summed E-state index contributed by atoms with van der Waals surface area (Å²) < 4.78 is 28.9. The van der Waals surface area contributed by atoms with Crippen molar-refractivity contribution in [3.63, 3.8) is 0 Å². The van der Waals surface area contributed by atoms with Crippen molar-refractivity contribution < 1.29 is 18.4 Å². The molecule has 7 nitrogen and oxygen atoms in total. The number of para-hydroxylation sites is 1. The van der Waals surface area contributed by atoms with E-state index in [0.29, 0.717) is 18.5 Å². The summed E-state index contributed by atoms with van der Waals surface area (Å²) in [6.45, 7) is 0. The average molecular weight is 414 g/mol. The van der Waals surface area contributed by atoms with E-state index in [1.807, 2.05) is 30.3 Å². The predicted octanol–water partition coefficient (Wildman–Crippen LogP) is 3.92. The van der Waals surface area contributed by atoms with Gasteiger partial charge in [-0.15, -0.1) is 0 Å². The fourth-order valence-electron chi connectivity index (χ4n) is 4.35. The van der Waals surface area contributed by atoms with Crippen LogP contribution in [0.4, 0.5) is 5.69 Å². The van der Waals surface area contributed by atoms with Crippen LogP contribution in [-0.2, 0) is 10.0 Å². The van der Waals surface area contributed by atoms with E-state index in [-0.39, 0.29) is 11.3 Å². The summed E-state index contributed by atoms with van der Waals surface area (Å²) in [5.74, 6) is 0. The Kier molecular flexibility index (Phi) is 5.14. The van der Waals surface area contributed by atoms with Gasteiger partial charge >= 0.3 is 0 Å². The molecule has 0 saturated carbocycles. The molecule has 4 rings (SSSR count). The first kappa shape index (κ1) is 19.6. The number of nitrogens with zero attached hydrogens (tertiary/aromatic N) is 2. The Morgan fingerprint density at radius 3 is 2.38 bits per heavy atom. The van der Waals surface area contributed by atoms with Crippen LogP contribution in [0.5, 0.6) is 0 Å². The summed E-state index contributed by atoms with van der Waals surface area (Å²) in [7, 11) is -4.21. The summed E-state index contributed by atoms with van der Waals surface area (Å²) in [4.78, 5) is 10.5. The lowest BCUT2D eigenvalue weighted by Crippen LogP contribution is -2.42.